The van der Waals surface area contributed by atoms with Crippen LogP contribution in [0.1, 0.15) is 52.9 Å². The first kappa shape index (κ1) is 16.9. The summed E-state index contributed by atoms with van der Waals surface area (Å²) in [5.41, 5.74) is -0.0415. The van der Waals surface area contributed by atoms with E-state index in [1.54, 1.807) is 0 Å². The number of unbranched alkanes of at least 4 members (excludes halogenated alkanes) is 2. The SMILES string of the molecule is CCCCOC(C)(C)CCOCCCCNC. The van der Waals surface area contributed by atoms with Crippen molar-refractivity contribution in [2.45, 2.75) is 58.5 Å². The van der Waals surface area contributed by atoms with Crippen molar-refractivity contribution >= 4 is 0 Å². The fourth-order valence-electron chi connectivity index (χ4n) is 1.49. The summed E-state index contributed by atoms with van der Waals surface area (Å²) in [6, 6.07) is 0. The molecule has 0 aliphatic carbocycles. The van der Waals surface area contributed by atoms with Gasteiger partial charge in [-0.3, -0.25) is 0 Å². The predicted molar refractivity (Wildman–Crippen MR) is 73.5 cm³/mol. The molecule has 0 saturated carbocycles. The van der Waals surface area contributed by atoms with Crippen LogP contribution in [0.15, 0.2) is 0 Å². The molecule has 0 aromatic heterocycles. The fraction of sp³-hybridized carbons (Fsp3) is 1.00. The molecule has 1 N–H and O–H groups in total. The zero-order valence-corrected chi connectivity index (χ0v) is 12.2. The highest BCUT2D eigenvalue weighted by atomic mass is 16.5. The van der Waals surface area contributed by atoms with E-state index in [2.05, 4.69) is 26.1 Å². The summed E-state index contributed by atoms with van der Waals surface area (Å²) in [5.74, 6) is 0. The molecule has 0 saturated heterocycles. The molecule has 0 rings (SSSR count). The van der Waals surface area contributed by atoms with Gasteiger partial charge in [0.1, 0.15) is 0 Å². The van der Waals surface area contributed by atoms with Gasteiger partial charge in [-0.15, -0.1) is 0 Å². The standard InChI is InChI=1S/C14H31NO2/c1-5-6-12-17-14(2,3)9-13-16-11-8-7-10-15-4/h15H,5-13H2,1-4H3. The van der Waals surface area contributed by atoms with Crippen molar-refractivity contribution in [3.8, 4) is 0 Å². The van der Waals surface area contributed by atoms with Crippen molar-refractivity contribution in [2.75, 3.05) is 33.4 Å². The second-order valence-electron chi connectivity index (χ2n) is 5.13. The van der Waals surface area contributed by atoms with Gasteiger partial charge in [0.15, 0.2) is 0 Å². The van der Waals surface area contributed by atoms with Crippen molar-refractivity contribution in [2.24, 2.45) is 0 Å². The molecule has 0 aliphatic heterocycles. The van der Waals surface area contributed by atoms with E-state index in [0.29, 0.717) is 0 Å². The Kier molecular flexibility index (Phi) is 10.9. The molecule has 0 aromatic carbocycles. The Hall–Kier alpha value is -0.120. The van der Waals surface area contributed by atoms with Crippen LogP contribution in [0.4, 0.5) is 0 Å². The number of ether oxygens (including phenoxy) is 2. The Labute approximate surface area is 107 Å². The lowest BCUT2D eigenvalue weighted by molar-refractivity contribution is -0.0418. The van der Waals surface area contributed by atoms with E-state index < -0.39 is 0 Å². The van der Waals surface area contributed by atoms with Crippen molar-refractivity contribution in [3.05, 3.63) is 0 Å². The van der Waals surface area contributed by atoms with Gasteiger partial charge in [0, 0.05) is 19.8 Å². The molecule has 3 nitrogen and oxygen atoms in total. The Morgan fingerprint density at radius 3 is 2.41 bits per heavy atom. The minimum absolute atomic E-state index is 0.0415. The van der Waals surface area contributed by atoms with Crippen LogP contribution in [0.25, 0.3) is 0 Å². The highest BCUT2D eigenvalue weighted by molar-refractivity contribution is 4.67. The van der Waals surface area contributed by atoms with Gasteiger partial charge in [-0.25, -0.2) is 0 Å². The molecule has 0 heterocycles. The largest absolute Gasteiger partial charge is 0.381 e. The zero-order chi connectivity index (χ0) is 13.0. The highest BCUT2D eigenvalue weighted by Crippen LogP contribution is 2.15. The molecule has 0 amide bonds. The predicted octanol–water partition coefficient (Wildman–Crippen LogP) is 2.99. The van der Waals surface area contributed by atoms with Crippen LogP contribution in [-0.4, -0.2) is 39.0 Å². The Morgan fingerprint density at radius 1 is 1.00 bits per heavy atom. The molecule has 0 bridgehead atoms. The maximum absolute atomic E-state index is 5.82. The van der Waals surface area contributed by atoms with E-state index in [-0.39, 0.29) is 5.60 Å². The molecule has 3 heteroatoms. The van der Waals surface area contributed by atoms with Gasteiger partial charge in [-0.2, -0.15) is 0 Å². The summed E-state index contributed by atoms with van der Waals surface area (Å²) in [6.45, 7) is 10.1. The Balaban J connectivity index is 3.32. The van der Waals surface area contributed by atoms with Crippen LogP contribution < -0.4 is 5.32 Å². The first-order valence-electron chi connectivity index (χ1n) is 6.98. The van der Waals surface area contributed by atoms with Crippen LogP contribution in [0, 0.1) is 0 Å². The average Bonchev–Trinajstić information content (AvgIpc) is 2.28. The number of hydrogen-bond donors (Lipinski definition) is 1. The number of rotatable bonds is 12. The van der Waals surface area contributed by atoms with Crippen LogP contribution in [0.3, 0.4) is 0 Å². The smallest absolute Gasteiger partial charge is 0.0648 e. The second-order valence-corrected chi connectivity index (χ2v) is 5.13. The minimum atomic E-state index is -0.0415. The van der Waals surface area contributed by atoms with Crippen molar-refractivity contribution < 1.29 is 9.47 Å². The van der Waals surface area contributed by atoms with Crippen molar-refractivity contribution in [3.63, 3.8) is 0 Å². The van der Waals surface area contributed by atoms with Gasteiger partial charge in [-0.1, -0.05) is 13.3 Å². The third-order valence-electron chi connectivity index (χ3n) is 2.80. The second kappa shape index (κ2) is 11.0. The van der Waals surface area contributed by atoms with Crippen molar-refractivity contribution in [1.82, 2.24) is 5.32 Å². The summed E-state index contributed by atoms with van der Waals surface area (Å²) < 4.78 is 11.4. The third-order valence-corrected chi connectivity index (χ3v) is 2.80. The molecule has 17 heavy (non-hydrogen) atoms. The first-order valence-corrected chi connectivity index (χ1v) is 6.98. The molecule has 0 fully saturated rings. The van der Waals surface area contributed by atoms with Crippen LogP contribution in [0.2, 0.25) is 0 Å². The van der Waals surface area contributed by atoms with E-state index in [0.717, 1.165) is 45.6 Å². The quantitative estimate of drug-likeness (QED) is 0.536. The van der Waals surface area contributed by atoms with Crippen LogP contribution in [-0.2, 0) is 9.47 Å². The van der Waals surface area contributed by atoms with Gasteiger partial charge < -0.3 is 14.8 Å². The fourth-order valence-corrected chi connectivity index (χ4v) is 1.49. The topological polar surface area (TPSA) is 30.5 Å². The Bertz CT molecular complexity index is 160. The Morgan fingerprint density at radius 2 is 1.76 bits per heavy atom. The van der Waals surface area contributed by atoms with Gasteiger partial charge in [0.25, 0.3) is 0 Å². The van der Waals surface area contributed by atoms with Gasteiger partial charge in [0.2, 0.25) is 0 Å². The van der Waals surface area contributed by atoms with E-state index in [4.69, 9.17) is 9.47 Å². The molecule has 104 valence electrons. The lowest BCUT2D eigenvalue weighted by Gasteiger charge is -2.25. The molecular weight excluding hydrogens is 214 g/mol. The maximum Gasteiger partial charge on any atom is 0.0648 e. The van der Waals surface area contributed by atoms with Crippen molar-refractivity contribution in [1.29, 1.82) is 0 Å². The third kappa shape index (κ3) is 12.1. The summed E-state index contributed by atoms with van der Waals surface area (Å²) in [6.07, 6.45) is 5.64. The first-order chi connectivity index (χ1) is 8.12. The summed E-state index contributed by atoms with van der Waals surface area (Å²) >= 11 is 0. The number of nitrogens with one attached hydrogen (secondary N) is 1. The summed E-state index contributed by atoms with van der Waals surface area (Å²) in [4.78, 5) is 0. The van der Waals surface area contributed by atoms with Gasteiger partial charge in [0.05, 0.1) is 5.60 Å². The summed E-state index contributed by atoms with van der Waals surface area (Å²) in [5, 5.41) is 3.14. The van der Waals surface area contributed by atoms with E-state index in [1.165, 1.54) is 12.8 Å². The molecular formula is C14H31NO2. The molecule has 0 aromatic rings. The maximum atomic E-state index is 5.82. The molecule has 0 spiro atoms. The van der Waals surface area contributed by atoms with Gasteiger partial charge >= 0.3 is 0 Å². The minimum Gasteiger partial charge on any atom is -0.381 e. The summed E-state index contributed by atoms with van der Waals surface area (Å²) in [7, 11) is 1.98. The van der Waals surface area contributed by atoms with E-state index in [1.807, 2.05) is 7.05 Å². The van der Waals surface area contributed by atoms with Crippen LogP contribution in [0.5, 0.6) is 0 Å². The zero-order valence-electron chi connectivity index (χ0n) is 12.2. The van der Waals surface area contributed by atoms with Gasteiger partial charge in [-0.05, 0) is 53.1 Å². The normalized spacial score (nSPS) is 12.0. The van der Waals surface area contributed by atoms with Crippen LogP contribution >= 0.6 is 0 Å². The number of hydrogen-bond acceptors (Lipinski definition) is 3. The highest BCUT2D eigenvalue weighted by Gasteiger charge is 2.17. The molecule has 0 aliphatic rings. The molecule has 0 radical (unpaired) electrons. The van der Waals surface area contributed by atoms with E-state index >= 15 is 0 Å². The lowest BCUT2D eigenvalue weighted by Crippen LogP contribution is -2.27. The van der Waals surface area contributed by atoms with E-state index in [9.17, 15) is 0 Å². The monoisotopic (exact) mass is 245 g/mol. The average molecular weight is 245 g/mol. The molecule has 0 atom stereocenters. The lowest BCUT2D eigenvalue weighted by atomic mass is 10.1. The molecule has 0 unspecified atom stereocenters.